The lowest BCUT2D eigenvalue weighted by Crippen LogP contribution is -2.34. The number of carboxylic acid groups (broad SMARTS) is 1. The van der Waals surface area contributed by atoms with Crippen LogP contribution in [0.25, 0.3) is 0 Å². The second-order valence-corrected chi connectivity index (χ2v) is 8.97. The number of hydrogen-bond acceptors (Lipinski definition) is 2. The van der Waals surface area contributed by atoms with Gasteiger partial charge in [0.25, 0.3) is 0 Å². The first kappa shape index (κ1) is 24.4. The Hall–Kier alpha value is -2.25. The zero-order chi connectivity index (χ0) is 23.6. The van der Waals surface area contributed by atoms with Crippen LogP contribution in [0.15, 0.2) is 42.5 Å². The summed E-state index contributed by atoms with van der Waals surface area (Å²) in [6.07, 6.45) is -2.86. The second-order valence-electron chi connectivity index (χ2n) is 8.13. The molecule has 3 rings (SSSR count). The van der Waals surface area contributed by atoms with E-state index in [-0.39, 0.29) is 34.5 Å². The summed E-state index contributed by atoms with van der Waals surface area (Å²) in [4.78, 5) is 24.3. The van der Waals surface area contributed by atoms with E-state index in [2.05, 4.69) is 5.32 Å². The largest absolute Gasteiger partial charge is 0.481 e. The van der Waals surface area contributed by atoms with Crippen molar-refractivity contribution in [1.82, 2.24) is 0 Å². The number of anilines is 1. The maximum absolute atomic E-state index is 13.5. The van der Waals surface area contributed by atoms with E-state index in [1.807, 2.05) is 0 Å². The highest BCUT2D eigenvalue weighted by Gasteiger charge is 2.45. The Kier molecular flexibility index (Phi) is 7.40. The van der Waals surface area contributed by atoms with Crippen molar-refractivity contribution in [2.75, 3.05) is 5.32 Å². The number of nitrogens with one attached hydrogen (secondary N) is 1. The average molecular weight is 488 g/mol. The van der Waals surface area contributed by atoms with Gasteiger partial charge in [-0.25, -0.2) is 0 Å². The number of aliphatic carboxylic acids is 1. The third kappa shape index (κ3) is 5.95. The van der Waals surface area contributed by atoms with Crippen LogP contribution in [0.4, 0.5) is 18.9 Å². The van der Waals surface area contributed by atoms with Crippen LogP contribution in [0.5, 0.6) is 0 Å². The Morgan fingerprint density at radius 3 is 2.22 bits per heavy atom. The van der Waals surface area contributed by atoms with Crippen molar-refractivity contribution >= 4 is 40.8 Å². The first-order valence-electron chi connectivity index (χ1n) is 10.1. The predicted octanol–water partition coefficient (Wildman–Crippen LogP) is 6.88. The maximum Gasteiger partial charge on any atom is 0.392 e. The molecule has 1 amide bonds. The van der Waals surface area contributed by atoms with Gasteiger partial charge in [0.1, 0.15) is 0 Å². The van der Waals surface area contributed by atoms with E-state index in [4.69, 9.17) is 23.2 Å². The summed E-state index contributed by atoms with van der Waals surface area (Å²) in [5.74, 6) is -5.31. The van der Waals surface area contributed by atoms with Gasteiger partial charge in [0, 0.05) is 5.02 Å². The molecule has 1 aliphatic carbocycles. The van der Waals surface area contributed by atoms with Crippen LogP contribution in [0.1, 0.15) is 49.1 Å². The highest BCUT2D eigenvalue weighted by Crippen LogP contribution is 2.46. The summed E-state index contributed by atoms with van der Waals surface area (Å²) in [6.45, 7) is 0.951. The predicted molar refractivity (Wildman–Crippen MR) is 117 cm³/mol. The number of hydrogen-bond donors (Lipinski definition) is 2. The van der Waals surface area contributed by atoms with E-state index in [1.54, 1.807) is 12.1 Å². The molecule has 2 N–H and O–H groups in total. The molecule has 2 aromatic carbocycles. The molecule has 1 saturated carbocycles. The summed E-state index contributed by atoms with van der Waals surface area (Å²) in [6, 6.07) is 10.4. The van der Waals surface area contributed by atoms with Gasteiger partial charge in [0.15, 0.2) is 0 Å². The van der Waals surface area contributed by atoms with Gasteiger partial charge in [-0.2, -0.15) is 13.2 Å². The minimum absolute atomic E-state index is 0.0712. The Labute approximate surface area is 193 Å². The Balaban J connectivity index is 1.91. The van der Waals surface area contributed by atoms with E-state index < -0.39 is 29.9 Å². The second kappa shape index (κ2) is 9.71. The molecule has 32 heavy (non-hydrogen) atoms. The molecular formula is C23H22Cl2F3NO3. The number of carboxylic acids is 1. The number of benzene rings is 2. The van der Waals surface area contributed by atoms with Gasteiger partial charge >= 0.3 is 12.1 Å². The van der Waals surface area contributed by atoms with E-state index >= 15 is 0 Å². The van der Waals surface area contributed by atoms with Crippen molar-refractivity contribution in [1.29, 1.82) is 0 Å². The molecule has 0 aliphatic heterocycles. The third-order valence-electron chi connectivity index (χ3n) is 5.79. The lowest BCUT2D eigenvalue weighted by Gasteiger charge is -2.26. The molecule has 9 heteroatoms. The zero-order valence-corrected chi connectivity index (χ0v) is 18.6. The maximum atomic E-state index is 13.5. The van der Waals surface area contributed by atoms with Crippen molar-refractivity contribution in [3.8, 4) is 0 Å². The molecule has 0 saturated heterocycles. The number of amides is 1. The van der Waals surface area contributed by atoms with Crippen LogP contribution >= 0.6 is 23.2 Å². The molecule has 0 radical (unpaired) electrons. The number of rotatable bonds is 8. The van der Waals surface area contributed by atoms with Gasteiger partial charge in [-0.05, 0) is 60.1 Å². The van der Waals surface area contributed by atoms with Crippen LogP contribution in [-0.4, -0.2) is 23.2 Å². The molecule has 1 unspecified atom stereocenters. The highest BCUT2D eigenvalue weighted by atomic mass is 35.5. The zero-order valence-electron chi connectivity index (χ0n) is 17.1. The SMILES string of the molecule is C[C@H]([C@@H](C(=O)Nc1cc(C(CC(=O)O)C2CC2)ccc1Cl)c1ccc(Cl)cc1)C(F)(F)F. The number of alkyl halides is 3. The minimum atomic E-state index is -4.61. The molecule has 2 aromatic rings. The summed E-state index contributed by atoms with van der Waals surface area (Å²) in [5.41, 5.74) is 1.01. The fourth-order valence-electron chi connectivity index (χ4n) is 3.85. The summed E-state index contributed by atoms with van der Waals surface area (Å²) in [7, 11) is 0. The Bertz CT molecular complexity index is 991. The third-order valence-corrected chi connectivity index (χ3v) is 6.37. The van der Waals surface area contributed by atoms with E-state index in [9.17, 15) is 27.9 Å². The van der Waals surface area contributed by atoms with Crippen molar-refractivity contribution in [2.45, 2.75) is 44.2 Å². The van der Waals surface area contributed by atoms with Crippen molar-refractivity contribution in [3.05, 3.63) is 63.6 Å². The standard InChI is InChI=1S/C23H22Cl2F3NO3/c1-12(23(26,27)28)21(14-4-7-16(24)8-5-14)22(32)29-19-10-15(6-9-18(19)25)17(11-20(30)31)13-2-3-13/h4-10,12-13,17,21H,2-3,11H2,1H3,(H,29,32)(H,30,31)/t12-,17?,21-/m1/s1. The monoisotopic (exact) mass is 487 g/mol. The van der Waals surface area contributed by atoms with Crippen molar-refractivity contribution in [3.63, 3.8) is 0 Å². The van der Waals surface area contributed by atoms with Gasteiger partial charge in [-0.15, -0.1) is 0 Å². The van der Waals surface area contributed by atoms with E-state index in [0.29, 0.717) is 10.6 Å². The van der Waals surface area contributed by atoms with E-state index in [0.717, 1.165) is 19.8 Å². The van der Waals surface area contributed by atoms with Crippen molar-refractivity contribution < 1.29 is 27.9 Å². The van der Waals surface area contributed by atoms with Crippen LogP contribution in [-0.2, 0) is 9.59 Å². The van der Waals surface area contributed by atoms with Gasteiger partial charge < -0.3 is 10.4 Å². The van der Waals surface area contributed by atoms with Gasteiger partial charge in [-0.1, -0.05) is 48.3 Å². The normalized spacial score (nSPS) is 16.8. The molecule has 0 aromatic heterocycles. The lowest BCUT2D eigenvalue weighted by atomic mass is 9.85. The quantitative estimate of drug-likeness (QED) is 0.426. The molecule has 1 aliphatic rings. The topological polar surface area (TPSA) is 66.4 Å². The molecular weight excluding hydrogens is 466 g/mol. The van der Waals surface area contributed by atoms with Gasteiger partial charge in [0.05, 0.1) is 29.0 Å². The Morgan fingerprint density at radius 1 is 1.09 bits per heavy atom. The number of halogens is 5. The molecule has 4 nitrogen and oxygen atoms in total. The number of carbonyl (C=O) groups is 2. The van der Waals surface area contributed by atoms with Crippen LogP contribution in [0.2, 0.25) is 10.0 Å². The average Bonchev–Trinajstić information content (AvgIpc) is 3.54. The summed E-state index contributed by atoms with van der Waals surface area (Å²) in [5, 5.41) is 12.3. The Morgan fingerprint density at radius 2 is 1.69 bits per heavy atom. The fraction of sp³-hybridized carbons (Fsp3) is 0.391. The van der Waals surface area contributed by atoms with Crippen molar-refractivity contribution in [2.24, 2.45) is 11.8 Å². The molecule has 3 atom stereocenters. The fourth-order valence-corrected chi connectivity index (χ4v) is 4.14. The summed E-state index contributed by atoms with van der Waals surface area (Å²) >= 11 is 12.1. The highest BCUT2D eigenvalue weighted by molar-refractivity contribution is 6.33. The first-order chi connectivity index (χ1) is 15.0. The lowest BCUT2D eigenvalue weighted by molar-refractivity contribution is -0.178. The number of carbonyl (C=O) groups excluding carboxylic acids is 1. The van der Waals surface area contributed by atoms with Crippen LogP contribution in [0.3, 0.4) is 0 Å². The smallest absolute Gasteiger partial charge is 0.392 e. The summed E-state index contributed by atoms with van der Waals surface area (Å²) < 4.78 is 40.6. The van der Waals surface area contributed by atoms with Crippen LogP contribution < -0.4 is 5.32 Å². The minimum Gasteiger partial charge on any atom is -0.481 e. The molecule has 0 heterocycles. The van der Waals surface area contributed by atoms with Gasteiger partial charge in [0.2, 0.25) is 5.91 Å². The van der Waals surface area contributed by atoms with E-state index in [1.165, 1.54) is 30.3 Å². The first-order valence-corrected chi connectivity index (χ1v) is 10.9. The molecule has 0 bridgehead atoms. The molecule has 0 spiro atoms. The molecule has 1 fully saturated rings. The molecule has 172 valence electrons. The van der Waals surface area contributed by atoms with Crippen LogP contribution in [0, 0.1) is 11.8 Å². The van der Waals surface area contributed by atoms with Gasteiger partial charge in [-0.3, -0.25) is 9.59 Å².